The molecule has 2 amide bonds. The van der Waals surface area contributed by atoms with Crippen molar-refractivity contribution in [3.05, 3.63) is 0 Å². The molecular formula is C19H34ClN3O3. The zero-order valence-electron chi connectivity index (χ0n) is 15.8. The van der Waals surface area contributed by atoms with Gasteiger partial charge in [-0.25, -0.2) is 0 Å². The molecule has 26 heavy (non-hydrogen) atoms. The van der Waals surface area contributed by atoms with Crippen LogP contribution in [0.1, 0.15) is 57.8 Å². The molecule has 150 valence electrons. The molecule has 1 saturated carbocycles. The van der Waals surface area contributed by atoms with Crippen LogP contribution in [0.4, 0.5) is 0 Å². The number of carbonyl (C=O) groups excluding carboxylic acids is 2. The number of hydrogen-bond donors (Lipinski definition) is 1. The van der Waals surface area contributed by atoms with Crippen LogP contribution in [0.15, 0.2) is 0 Å². The van der Waals surface area contributed by atoms with Crippen LogP contribution < -0.4 is 5.73 Å². The van der Waals surface area contributed by atoms with E-state index in [1.165, 1.54) is 19.3 Å². The minimum Gasteiger partial charge on any atom is -0.378 e. The Bertz CT molecular complexity index is 477. The molecule has 0 radical (unpaired) electrons. The van der Waals surface area contributed by atoms with Gasteiger partial charge in [-0.1, -0.05) is 19.3 Å². The molecule has 3 rings (SSSR count). The monoisotopic (exact) mass is 387 g/mol. The Balaban J connectivity index is 0.00000243. The number of ether oxygens (including phenoxy) is 1. The van der Waals surface area contributed by atoms with Crippen molar-refractivity contribution < 1.29 is 14.3 Å². The number of rotatable bonds is 4. The van der Waals surface area contributed by atoms with Gasteiger partial charge in [0.1, 0.15) is 6.04 Å². The fourth-order valence-corrected chi connectivity index (χ4v) is 4.66. The van der Waals surface area contributed by atoms with Crippen LogP contribution >= 0.6 is 12.4 Å². The summed E-state index contributed by atoms with van der Waals surface area (Å²) in [6, 6.07) is -0.280. The van der Waals surface area contributed by atoms with Crippen LogP contribution in [0.2, 0.25) is 0 Å². The molecule has 0 aromatic rings. The third-order valence-corrected chi connectivity index (χ3v) is 6.30. The van der Waals surface area contributed by atoms with Crippen LogP contribution in [0.3, 0.4) is 0 Å². The van der Waals surface area contributed by atoms with Crippen LogP contribution in [0.5, 0.6) is 0 Å². The van der Waals surface area contributed by atoms with Gasteiger partial charge in [0, 0.05) is 26.1 Å². The van der Waals surface area contributed by atoms with Crippen molar-refractivity contribution in [2.75, 3.05) is 39.4 Å². The highest BCUT2D eigenvalue weighted by Crippen LogP contribution is 2.39. The SMILES string of the molecule is Cl.NCC1(CC(=O)N2CCCCC2C(=O)N2CCOCC2)CCCCC1. The van der Waals surface area contributed by atoms with Crippen molar-refractivity contribution in [1.82, 2.24) is 9.80 Å². The molecule has 2 saturated heterocycles. The molecular weight excluding hydrogens is 354 g/mol. The van der Waals surface area contributed by atoms with Gasteiger partial charge in [-0.3, -0.25) is 9.59 Å². The molecule has 6 nitrogen and oxygen atoms in total. The Labute approximate surface area is 163 Å². The molecule has 0 aromatic heterocycles. The van der Waals surface area contributed by atoms with Crippen molar-refractivity contribution in [1.29, 1.82) is 0 Å². The van der Waals surface area contributed by atoms with E-state index in [9.17, 15) is 9.59 Å². The van der Waals surface area contributed by atoms with E-state index in [2.05, 4.69) is 0 Å². The maximum Gasteiger partial charge on any atom is 0.245 e. The standard InChI is InChI=1S/C19H33N3O3.ClH/c20-15-19(7-3-1-4-8-19)14-17(23)22-9-5-2-6-16(22)18(24)21-10-12-25-13-11-21;/h16H,1-15,20H2;1H. The fraction of sp³-hybridized carbons (Fsp3) is 0.895. The quantitative estimate of drug-likeness (QED) is 0.799. The van der Waals surface area contributed by atoms with Gasteiger partial charge in [0.15, 0.2) is 0 Å². The minimum absolute atomic E-state index is 0. The first kappa shape index (κ1) is 21.5. The maximum absolute atomic E-state index is 13.1. The summed E-state index contributed by atoms with van der Waals surface area (Å²) in [5.74, 6) is 0.250. The molecule has 2 heterocycles. The number of morpholine rings is 1. The average molecular weight is 388 g/mol. The summed E-state index contributed by atoms with van der Waals surface area (Å²) in [7, 11) is 0. The molecule has 2 N–H and O–H groups in total. The minimum atomic E-state index is -0.280. The van der Waals surface area contributed by atoms with E-state index >= 15 is 0 Å². The predicted octanol–water partition coefficient (Wildman–Crippen LogP) is 1.95. The smallest absolute Gasteiger partial charge is 0.245 e. The number of likely N-dealkylation sites (tertiary alicyclic amines) is 1. The number of halogens is 1. The summed E-state index contributed by atoms with van der Waals surface area (Å²) in [6.07, 6.45) is 8.99. The highest BCUT2D eigenvalue weighted by atomic mass is 35.5. The van der Waals surface area contributed by atoms with Crippen LogP contribution in [0, 0.1) is 5.41 Å². The molecule has 3 aliphatic rings. The third-order valence-electron chi connectivity index (χ3n) is 6.30. The van der Waals surface area contributed by atoms with Gasteiger partial charge in [-0.15, -0.1) is 12.4 Å². The number of nitrogens with zero attached hydrogens (tertiary/aromatic N) is 2. The molecule has 0 aromatic carbocycles. The molecule has 1 atom stereocenters. The van der Waals surface area contributed by atoms with Crippen molar-refractivity contribution in [2.24, 2.45) is 11.1 Å². The number of hydrogen-bond acceptors (Lipinski definition) is 4. The first-order chi connectivity index (χ1) is 12.2. The molecule has 0 spiro atoms. The summed E-state index contributed by atoms with van der Waals surface area (Å²) >= 11 is 0. The van der Waals surface area contributed by atoms with Gasteiger partial charge in [0.25, 0.3) is 0 Å². The van der Waals surface area contributed by atoms with Crippen LogP contribution in [0.25, 0.3) is 0 Å². The molecule has 3 fully saturated rings. The maximum atomic E-state index is 13.1. The second-order valence-corrected chi connectivity index (χ2v) is 7.98. The zero-order chi connectivity index (χ0) is 17.7. The topological polar surface area (TPSA) is 75.9 Å². The van der Waals surface area contributed by atoms with Gasteiger partial charge < -0.3 is 20.3 Å². The van der Waals surface area contributed by atoms with E-state index < -0.39 is 0 Å². The van der Waals surface area contributed by atoms with Gasteiger partial charge in [-0.05, 0) is 44.1 Å². The fourth-order valence-electron chi connectivity index (χ4n) is 4.66. The van der Waals surface area contributed by atoms with Gasteiger partial charge in [-0.2, -0.15) is 0 Å². The lowest BCUT2D eigenvalue weighted by molar-refractivity contribution is -0.151. The lowest BCUT2D eigenvalue weighted by Crippen LogP contribution is -2.55. The lowest BCUT2D eigenvalue weighted by atomic mass is 9.71. The summed E-state index contributed by atoms with van der Waals surface area (Å²) in [5, 5.41) is 0. The van der Waals surface area contributed by atoms with Gasteiger partial charge in [0.2, 0.25) is 11.8 Å². The Morgan fingerprint density at radius 3 is 2.35 bits per heavy atom. The highest BCUT2D eigenvalue weighted by molar-refractivity contribution is 5.88. The summed E-state index contributed by atoms with van der Waals surface area (Å²) in [6.45, 7) is 3.77. The summed E-state index contributed by atoms with van der Waals surface area (Å²) in [4.78, 5) is 29.8. The van der Waals surface area contributed by atoms with Gasteiger partial charge in [0.05, 0.1) is 13.2 Å². The lowest BCUT2D eigenvalue weighted by Gasteiger charge is -2.42. The molecule has 1 aliphatic carbocycles. The van der Waals surface area contributed by atoms with E-state index in [-0.39, 0.29) is 35.7 Å². The first-order valence-electron chi connectivity index (χ1n) is 10.0. The normalized spacial score (nSPS) is 26.1. The molecule has 1 unspecified atom stereocenters. The van der Waals surface area contributed by atoms with Crippen molar-refractivity contribution in [3.8, 4) is 0 Å². The second-order valence-electron chi connectivity index (χ2n) is 7.98. The second kappa shape index (κ2) is 9.90. The molecule has 7 heteroatoms. The van der Waals surface area contributed by atoms with Crippen molar-refractivity contribution in [2.45, 2.75) is 63.8 Å². The van der Waals surface area contributed by atoms with E-state index in [0.717, 1.165) is 32.1 Å². The van der Waals surface area contributed by atoms with Crippen molar-refractivity contribution in [3.63, 3.8) is 0 Å². The van der Waals surface area contributed by atoms with Crippen LogP contribution in [-0.4, -0.2) is 67.0 Å². The number of piperidine rings is 1. The van der Waals surface area contributed by atoms with E-state index in [4.69, 9.17) is 10.5 Å². The average Bonchev–Trinajstić information content (AvgIpc) is 2.68. The first-order valence-corrected chi connectivity index (χ1v) is 10.0. The Kier molecular flexibility index (Phi) is 8.17. The van der Waals surface area contributed by atoms with E-state index in [1.54, 1.807) is 0 Å². The largest absolute Gasteiger partial charge is 0.378 e. The molecule has 0 bridgehead atoms. The summed E-state index contributed by atoms with van der Waals surface area (Å²) in [5.41, 5.74) is 6.03. The predicted molar refractivity (Wildman–Crippen MR) is 103 cm³/mol. The van der Waals surface area contributed by atoms with E-state index in [1.807, 2.05) is 9.80 Å². The van der Waals surface area contributed by atoms with Crippen molar-refractivity contribution >= 4 is 24.2 Å². The number of carbonyl (C=O) groups is 2. The molecule has 2 aliphatic heterocycles. The van der Waals surface area contributed by atoms with E-state index in [0.29, 0.717) is 45.8 Å². The highest BCUT2D eigenvalue weighted by Gasteiger charge is 2.39. The Morgan fingerprint density at radius 2 is 1.69 bits per heavy atom. The van der Waals surface area contributed by atoms with Gasteiger partial charge >= 0.3 is 0 Å². The Hall–Kier alpha value is -0.850. The number of nitrogens with two attached hydrogens (primary N) is 1. The van der Waals surface area contributed by atoms with Crippen LogP contribution in [-0.2, 0) is 14.3 Å². The zero-order valence-corrected chi connectivity index (χ0v) is 16.6. The Morgan fingerprint density at radius 1 is 1.00 bits per heavy atom. The summed E-state index contributed by atoms with van der Waals surface area (Å²) < 4.78 is 5.35. The third kappa shape index (κ3) is 4.90. The number of amides is 2.